The molecule has 7 heteroatoms. The largest absolute Gasteiger partial charge is 0.395 e. The number of rotatable bonds is 8. The lowest BCUT2D eigenvalue weighted by molar-refractivity contribution is -0.123. The van der Waals surface area contributed by atoms with Gasteiger partial charge in [0.25, 0.3) is 0 Å². The van der Waals surface area contributed by atoms with Crippen LogP contribution in [0, 0.1) is 0 Å². The topological polar surface area (TPSA) is 72.8 Å². The molecule has 1 amide bonds. The molecule has 0 saturated carbocycles. The van der Waals surface area contributed by atoms with Crippen molar-refractivity contribution < 1.29 is 15.0 Å². The molecule has 0 aliphatic carbocycles. The molecule has 1 atom stereocenters. The molecule has 0 heterocycles. The average molecular weight is 335 g/mol. The van der Waals surface area contributed by atoms with Gasteiger partial charge in [0.2, 0.25) is 5.91 Å². The van der Waals surface area contributed by atoms with E-state index in [0.717, 1.165) is 5.56 Å². The molecule has 1 unspecified atom stereocenters. The molecular formula is C14H20Cl2N2O3. The summed E-state index contributed by atoms with van der Waals surface area (Å²) in [4.78, 5) is 13.6. The molecule has 118 valence electrons. The number of benzene rings is 1. The van der Waals surface area contributed by atoms with Crippen molar-refractivity contribution in [1.82, 2.24) is 10.2 Å². The molecule has 0 spiro atoms. The van der Waals surface area contributed by atoms with E-state index in [0.29, 0.717) is 23.1 Å². The maximum absolute atomic E-state index is 12.0. The minimum atomic E-state index is -0.211. The van der Waals surface area contributed by atoms with E-state index in [-0.39, 0.29) is 31.7 Å². The van der Waals surface area contributed by atoms with Crippen LogP contribution in [0.5, 0.6) is 0 Å². The summed E-state index contributed by atoms with van der Waals surface area (Å²) < 4.78 is 0. The van der Waals surface area contributed by atoms with Gasteiger partial charge in [-0.25, -0.2) is 0 Å². The number of carbonyl (C=O) groups is 1. The fourth-order valence-electron chi connectivity index (χ4n) is 1.91. The Morgan fingerprint density at radius 3 is 2.38 bits per heavy atom. The zero-order valence-corrected chi connectivity index (χ0v) is 13.4. The van der Waals surface area contributed by atoms with Crippen LogP contribution in [0.1, 0.15) is 18.5 Å². The number of nitrogens with one attached hydrogen (secondary N) is 1. The van der Waals surface area contributed by atoms with Gasteiger partial charge in [0.05, 0.1) is 35.8 Å². The second-order valence-electron chi connectivity index (χ2n) is 4.69. The molecular weight excluding hydrogens is 315 g/mol. The molecule has 1 rings (SSSR count). The van der Waals surface area contributed by atoms with Crippen molar-refractivity contribution in [3.05, 3.63) is 33.8 Å². The van der Waals surface area contributed by atoms with Crippen molar-refractivity contribution in [2.24, 2.45) is 0 Å². The maximum atomic E-state index is 12.0. The van der Waals surface area contributed by atoms with Crippen LogP contribution in [-0.4, -0.2) is 53.9 Å². The van der Waals surface area contributed by atoms with Crippen molar-refractivity contribution in [3.63, 3.8) is 0 Å². The summed E-state index contributed by atoms with van der Waals surface area (Å²) in [6, 6.07) is 5.00. The first kappa shape index (κ1) is 18.2. The molecule has 0 aromatic heterocycles. The predicted molar refractivity (Wildman–Crippen MR) is 83.6 cm³/mol. The Balaban J connectivity index is 2.58. The van der Waals surface area contributed by atoms with Crippen molar-refractivity contribution >= 4 is 29.1 Å². The molecule has 0 bridgehead atoms. The molecule has 21 heavy (non-hydrogen) atoms. The highest BCUT2D eigenvalue weighted by atomic mass is 35.5. The Morgan fingerprint density at radius 1 is 1.24 bits per heavy atom. The third-order valence-corrected chi connectivity index (χ3v) is 3.76. The van der Waals surface area contributed by atoms with E-state index >= 15 is 0 Å². The van der Waals surface area contributed by atoms with Gasteiger partial charge in [0, 0.05) is 13.1 Å². The van der Waals surface area contributed by atoms with Gasteiger partial charge >= 0.3 is 0 Å². The van der Waals surface area contributed by atoms with E-state index in [9.17, 15) is 4.79 Å². The number of nitrogens with zero attached hydrogens (tertiary/aromatic N) is 1. The van der Waals surface area contributed by atoms with Crippen LogP contribution in [0.2, 0.25) is 10.0 Å². The van der Waals surface area contributed by atoms with Crippen molar-refractivity contribution in [2.75, 3.05) is 32.8 Å². The Morgan fingerprint density at radius 2 is 1.86 bits per heavy atom. The quantitative estimate of drug-likeness (QED) is 0.673. The lowest BCUT2D eigenvalue weighted by atomic mass is 10.1. The molecule has 1 aromatic carbocycles. The number of carbonyl (C=O) groups excluding carboxylic acids is 1. The smallest absolute Gasteiger partial charge is 0.234 e. The molecule has 0 aliphatic rings. The van der Waals surface area contributed by atoms with Crippen LogP contribution in [0.3, 0.4) is 0 Å². The minimum Gasteiger partial charge on any atom is -0.395 e. The summed E-state index contributed by atoms with van der Waals surface area (Å²) in [6.07, 6.45) is 0. The van der Waals surface area contributed by atoms with Gasteiger partial charge in [-0.3, -0.25) is 9.69 Å². The second kappa shape index (κ2) is 9.23. The van der Waals surface area contributed by atoms with Crippen LogP contribution in [0.4, 0.5) is 0 Å². The van der Waals surface area contributed by atoms with E-state index in [1.807, 2.05) is 6.92 Å². The monoisotopic (exact) mass is 334 g/mol. The number of amides is 1. The van der Waals surface area contributed by atoms with Gasteiger partial charge in [-0.2, -0.15) is 0 Å². The van der Waals surface area contributed by atoms with Crippen molar-refractivity contribution in [1.29, 1.82) is 0 Å². The van der Waals surface area contributed by atoms with E-state index in [1.54, 1.807) is 23.1 Å². The van der Waals surface area contributed by atoms with Crippen LogP contribution in [0.15, 0.2) is 18.2 Å². The van der Waals surface area contributed by atoms with Crippen molar-refractivity contribution in [2.45, 2.75) is 13.0 Å². The Hall–Kier alpha value is -0.850. The summed E-state index contributed by atoms with van der Waals surface area (Å²) in [5, 5.41) is 21.6. The first-order valence-corrected chi connectivity index (χ1v) is 7.42. The van der Waals surface area contributed by atoms with Gasteiger partial charge in [-0.1, -0.05) is 29.3 Å². The van der Waals surface area contributed by atoms with Crippen LogP contribution in [-0.2, 0) is 4.79 Å². The van der Waals surface area contributed by atoms with E-state index in [1.165, 1.54) is 0 Å². The van der Waals surface area contributed by atoms with Gasteiger partial charge in [-0.05, 0) is 24.6 Å². The molecule has 1 aromatic rings. The lowest BCUT2D eigenvalue weighted by Gasteiger charge is -2.21. The van der Waals surface area contributed by atoms with Crippen molar-refractivity contribution in [3.8, 4) is 0 Å². The first-order chi connectivity index (χ1) is 9.97. The van der Waals surface area contributed by atoms with Gasteiger partial charge in [0.15, 0.2) is 0 Å². The number of halogens is 2. The molecule has 5 nitrogen and oxygen atoms in total. The summed E-state index contributed by atoms with van der Waals surface area (Å²) in [7, 11) is 0. The van der Waals surface area contributed by atoms with E-state index in [4.69, 9.17) is 33.4 Å². The first-order valence-electron chi connectivity index (χ1n) is 6.66. The highest BCUT2D eigenvalue weighted by molar-refractivity contribution is 6.42. The predicted octanol–water partition coefficient (Wildman–Crippen LogP) is 1.46. The molecule has 0 radical (unpaired) electrons. The summed E-state index contributed by atoms with van der Waals surface area (Å²) >= 11 is 11.8. The number of hydrogen-bond donors (Lipinski definition) is 3. The van der Waals surface area contributed by atoms with E-state index < -0.39 is 0 Å². The fraction of sp³-hybridized carbons (Fsp3) is 0.500. The highest BCUT2D eigenvalue weighted by Crippen LogP contribution is 2.25. The summed E-state index contributed by atoms with van der Waals surface area (Å²) in [5.41, 5.74) is 0.855. The second-order valence-corrected chi connectivity index (χ2v) is 5.50. The number of hydrogen-bond acceptors (Lipinski definition) is 4. The number of aliphatic hydroxyl groups excluding tert-OH is 2. The van der Waals surface area contributed by atoms with Gasteiger partial charge < -0.3 is 15.5 Å². The van der Waals surface area contributed by atoms with Crippen LogP contribution in [0.25, 0.3) is 0 Å². The third-order valence-electron chi connectivity index (χ3n) is 3.02. The van der Waals surface area contributed by atoms with Crippen LogP contribution < -0.4 is 5.32 Å². The number of aliphatic hydroxyl groups is 2. The van der Waals surface area contributed by atoms with Gasteiger partial charge in [-0.15, -0.1) is 0 Å². The Kier molecular flexibility index (Phi) is 8.00. The molecule has 0 aliphatic heterocycles. The molecule has 0 fully saturated rings. The standard InChI is InChI=1S/C14H20Cl2N2O3/c1-10(11-2-3-12(15)13(16)8-11)17-14(21)9-18(4-6-19)5-7-20/h2-3,8,10,19-20H,4-7,9H2,1H3,(H,17,21). The van der Waals surface area contributed by atoms with Crippen LogP contribution >= 0.6 is 23.2 Å². The normalized spacial score (nSPS) is 12.5. The third kappa shape index (κ3) is 6.20. The summed E-state index contributed by atoms with van der Waals surface area (Å²) in [5.74, 6) is -0.185. The summed E-state index contributed by atoms with van der Waals surface area (Å²) in [6.45, 7) is 2.53. The molecule has 0 saturated heterocycles. The average Bonchev–Trinajstić information content (AvgIpc) is 2.42. The SMILES string of the molecule is CC(NC(=O)CN(CCO)CCO)c1ccc(Cl)c(Cl)c1. The minimum absolute atomic E-state index is 0.0599. The lowest BCUT2D eigenvalue weighted by Crippen LogP contribution is -2.40. The Labute approximate surface area is 134 Å². The highest BCUT2D eigenvalue weighted by Gasteiger charge is 2.14. The fourth-order valence-corrected chi connectivity index (χ4v) is 2.21. The van der Waals surface area contributed by atoms with E-state index in [2.05, 4.69) is 5.32 Å². The molecule has 3 N–H and O–H groups in total. The zero-order valence-electron chi connectivity index (χ0n) is 11.9. The van der Waals surface area contributed by atoms with Gasteiger partial charge in [0.1, 0.15) is 0 Å². The maximum Gasteiger partial charge on any atom is 0.234 e. The zero-order chi connectivity index (χ0) is 15.8. The Bertz CT molecular complexity index is 466.